The summed E-state index contributed by atoms with van der Waals surface area (Å²) in [7, 11) is 0. The molecule has 2 aliphatic heterocycles. The molecule has 1 unspecified atom stereocenters. The van der Waals surface area contributed by atoms with E-state index in [2.05, 4.69) is 0 Å². The maximum Gasteiger partial charge on any atom is 0.164 e. The molecule has 4 atom stereocenters. The Kier molecular flexibility index (Phi) is 2.28. The summed E-state index contributed by atoms with van der Waals surface area (Å²) in [5.41, 5.74) is -0.524. The Morgan fingerprint density at radius 3 is 2.54 bits per heavy atom. The number of fused-ring (bicyclic) bond motifs is 1. The van der Waals surface area contributed by atoms with Crippen LogP contribution in [-0.4, -0.2) is 41.4 Å². The molecule has 0 radical (unpaired) electrons. The first kappa shape index (κ1) is 9.68. The Morgan fingerprint density at radius 2 is 1.92 bits per heavy atom. The number of aliphatic hydroxyl groups is 1. The van der Waals surface area contributed by atoms with Crippen molar-refractivity contribution >= 4 is 11.6 Å². The first-order valence-electron chi connectivity index (χ1n) is 4.29. The van der Waals surface area contributed by atoms with Crippen molar-refractivity contribution in [1.29, 1.82) is 0 Å². The number of rotatable bonds is 1. The minimum absolute atomic E-state index is 0.0934. The third-order valence-corrected chi connectivity index (χ3v) is 2.62. The van der Waals surface area contributed by atoms with Crippen LogP contribution >= 0.6 is 11.6 Å². The maximum absolute atomic E-state index is 8.98. The van der Waals surface area contributed by atoms with E-state index in [0.717, 1.165) is 0 Å². The van der Waals surface area contributed by atoms with Gasteiger partial charge in [-0.25, -0.2) is 0 Å². The average molecular weight is 209 g/mol. The number of alkyl halides is 1. The van der Waals surface area contributed by atoms with Gasteiger partial charge in [0.1, 0.15) is 18.3 Å². The lowest BCUT2D eigenvalue weighted by molar-refractivity contribution is -0.182. The summed E-state index contributed by atoms with van der Waals surface area (Å²) in [6.07, 6.45) is -0.884. The van der Waals surface area contributed by atoms with E-state index in [1.165, 1.54) is 0 Å². The molecule has 0 aromatic heterocycles. The predicted molar refractivity (Wildman–Crippen MR) is 45.4 cm³/mol. The van der Waals surface area contributed by atoms with Crippen molar-refractivity contribution in [2.45, 2.75) is 43.5 Å². The van der Waals surface area contributed by atoms with E-state index in [1.807, 2.05) is 13.8 Å². The first-order chi connectivity index (χ1) is 6.03. The second kappa shape index (κ2) is 3.07. The monoisotopic (exact) mass is 208 g/mol. The predicted octanol–water partition coefficient (Wildman–Crippen LogP) is 0.462. The molecule has 0 aromatic rings. The van der Waals surface area contributed by atoms with Crippen LogP contribution in [-0.2, 0) is 14.2 Å². The summed E-state index contributed by atoms with van der Waals surface area (Å²) in [6, 6.07) is 0. The summed E-state index contributed by atoms with van der Waals surface area (Å²) >= 11 is 5.88. The third kappa shape index (κ3) is 1.57. The summed E-state index contributed by atoms with van der Waals surface area (Å²) in [6.45, 7) is 3.55. The lowest BCUT2D eigenvalue weighted by Crippen LogP contribution is -2.31. The van der Waals surface area contributed by atoms with Crippen molar-refractivity contribution in [3.05, 3.63) is 0 Å². The average Bonchev–Trinajstić information content (AvgIpc) is 2.47. The molecule has 0 saturated carbocycles. The molecule has 5 heteroatoms. The Morgan fingerprint density at radius 1 is 1.31 bits per heavy atom. The van der Waals surface area contributed by atoms with Crippen molar-refractivity contribution in [2.75, 3.05) is 6.61 Å². The lowest BCUT2D eigenvalue weighted by Gasteiger charge is -2.21. The van der Waals surface area contributed by atoms with Crippen molar-refractivity contribution in [3.8, 4) is 0 Å². The largest absolute Gasteiger partial charge is 0.394 e. The molecule has 13 heavy (non-hydrogen) atoms. The van der Waals surface area contributed by atoms with Gasteiger partial charge in [-0.2, -0.15) is 0 Å². The van der Waals surface area contributed by atoms with Gasteiger partial charge in [-0.3, -0.25) is 0 Å². The highest BCUT2D eigenvalue weighted by Crippen LogP contribution is 2.39. The van der Waals surface area contributed by atoms with E-state index < -0.39 is 11.4 Å². The second-order valence-electron chi connectivity index (χ2n) is 3.77. The van der Waals surface area contributed by atoms with Crippen LogP contribution in [0.5, 0.6) is 0 Å². The third-order valence-electron chi connectivity index (χ3n) is 2.27. The molecule has 2 saturated heterocycles. The van der Waals surface area contributed by atoms with Crippen LogP contribution in [0.1, 0.15) is 13.8 Å². The zero-order valence-electron chi connectivity index (χ0n) is 7.57. The topological polar surface area (TPSA) is 47.9 Å². The van der Waals surface area contributed by atoms with Crippen LogP contribution in [0.25, 0.3) is 0 Å². The smallest absolute Gasteiger partial charge is 0.164 e. The van der Waals surface area contributed by atoms with E-state index in [9.17, 15) is 0 Å². The highest BCUT2D eigenvalue weighted by atomic mass is 35.5. The summed E-state index contributed by atoms with van der Waals surface area (Å²) in [4.78, 5) is 0. The molecular weight excluding hydrogens is 196 g/mol. The van der Waals surface area contributed by atoms with Crippen LogP contribution in [0, 0.1) is 0 Å². The minimum Gasteiger partial charge on any atom is -0.394 e. The van der Waals surface area contributed by atoms with Crippen LogP contribution in [0.3, 0.4) is 0 Å². The fourth-order valence-corrected chi connectivity index (χ4v) is 2.10. The van der Waals surface area contributed by atoms with E-state index in [0.29, 0.717) is 0 Å². The quantitative estimate of drug-likeness (QED) is 0.637. The van der Waals surface area contributed by atoms with Gasteiger partial charge >= 0.3 is 0 Å². The van der Waals surface area contributed by atoms with E-state index in [-0.39, 0.29) is 24.9 Å². The van der Waals surface area contributed by atoms with Gasteiger partial charge in [-0.1, -0.05) is 11.6 Å². The number of ether oxygens (including phenoxy) is 3. The Balaban J connectivity index is 2.12. The fraction of sp³-hybridized carbons (Fsp3) is 1.00. The number of aliphatic hydroxyl groups excluding tert-OH is 1. The molecule has 0 aromatic carbocycles. The maximum atomic E-state index is 8.98. The standard InChI is InChI=1S/C8H13ClO4/c1-8(2)12-5-4(3-10)11-7(9)6(5)13-8/h4-7,10H,3H2,1-2H3/t4-,5?,6+,7+/m1/s1. The van der Waals surface area contributed by atoms with Crippen molar-refractivity contribution in [3.63, 3.8) is 0 Å². The van der Waals surface area contributed by atoms with E-state index in [4.69, 9.17) is 30.9 Å². The Labute approximate surface area is 81.7 Å². The summed E-state index contributed by atoms with van der Waals surface area (Å²) in [5, 5.41) is 8.98. The molecule has 0 amide bonds. The fourth-order valence-electron chi connectivity index (χ4n) is 1.78. The molecule has 0 spiro atoms. The molecule has 4 nitrogen and oxygen atoms in total. The molecule has 2 aliphatic rings. The molecule has 76 valence electrons. The van der Waals surface area contributed by atoms with Gasteiger partial charge in [-0.15, -0.1) is 0 Å². The zero-order valence-corrected chi connectivity index (χ0v) is 8.32. The van der Waals surface area contributed by atoms with Gasteiger partial charge in [-0.05, 0) is 13.8 Å². The Bertz CT molecular complexity index is 208. The van der Waals surface area contributed by atoms with Gasteiger partial charge in [0.25, 0.3) is 0 Å². The molecular formula is C8H13ClO4. The zero-order chi connectivity index (χ0) is 9.64. The van der Waals surface area contributed by atoms with Crippen molar-refractivity contribution < 1.29 is 19.3 Å². The summed E-state index contributed by atoms with van der Waals surface area (Å²) in [5.74, 6) is -0.625. The van der Waals surface area contributed by atoms with Gasteiger partial charge in [0.05, 0.1) is 6.61 Å². The van der Waals surface area contributed by atoms with Gasteiger partial charge in [0, 0.05) is 0 Å². The lowest BCUT2D eigenvalue weighted by atomic mass is 10.2. The van der Waals surface area contributed by atoms with Gasteiger partial charge in [0.15, 0.2) is 11.4 Å². The Hall–Kier alpha value is 0.130. The normalized spacial score (nSPS) is 48.0. The first-order valence-corrected chi connectivity index (χ1v) is 4.73. The second-order valence-corrected chi connectivity index (χ2v) is 4.20. The summed E-state index contributed by atoms with van der Waals surface area (Å²) < 4.78 is 16.3. The van der Waals surface area contributed by atoms with Crippen molar-refractivity contribution in [2.24, 2.45) is 0 Å². The number of hydrogen-bond acceptors (Lipinski definition) is 4. The van der Waals surface area contributed by atoms with E-state index >= 15 is 0 Å². The minimum atomic E-state index is -0.625. The van der Waals surface area contributed by atoms with Crippen LogP contribution in [0.15, 0.2) is 0 Å². The molecule has 2 fully saturated rings. The molecule has 2 heterocycles. The van der Waals surface area contributed by atoms with Crippen LogP contribution < -0.4 is 0 Å². The van der Waals surface area contributed by atoms with Crippen LogP contribution in [0.2, 0.25) is 0 Å². The van der Waals surface area contributed by atoms with Gasteiger partial charge < -0.3 is 19.3 Å². The number of halogens is 1. The molecule has 1 N–H and O–H groups in total. The van der Waals surface area contributed by atoms with Crippen LogP contribution in [0.4, 0.5) is 0 Å². The highest BCUT2D eigenvalue weighted by molar-refractivity contribution is 6.20. The molecule has 0 aliphatic carbocycles. The SMILES string of the molecule is CC1(C)OC2[C@@H](CO)O[C@H](Cl)[C@H]2O1. The van der Waals surface area contributed by atoms with Gasteiger partial charge in [0.2, 0.25) is 0 Å². The number of hydrogen-bond donors (Lipinski definition) is 1. The molecule has 0 bridgehead atoms. The van der Waals surface area contributed by atoms with Crippen molar-refractivity contribution in [1.82, 2.24) is 0 Å². The highest BCUT2D eigenvalue weighted by Gasteiger charge is 2.54. The molecule has 2 rings (SSSR count). The van der Waals surface area contributed by atoms with E-state index in [1.54, 1.807) is 0 Å².